The Bertz CT molecular complexity index is 327. The molecule has 0 aromatic carbocycles. The summed E-state index contributed by atoms with van der Waals surface area (Å²) >= 11 is 3.42. The normalized spacial score (nSPS) is 14.9. The van der Waals surface area contributed by atoms with Crippen LogP contribution in [-0.2, 0) is 6.42 Å². The van der Waals surface area contributed by atoms with Crippen LogP contribution in [0.1, 0.15) is 5.69 Å². The first kappa shape index (κ1) is 9.77. The van der Waals surface area contributed by atoms with E-state index in [1.807, 2.05) is 0 Å². The van der Waals surface area contributed by atoms with Gasteiger partial charge in [-0.15, -0.1) is 0 Å². The van der Waals surface area contributed by atoms with Gasteiger partial charge in [-0.2, -0.15) is 0 Å². The summed E-state index contributed by atoms with van der Waals surface area (Å²) in [6.45, 7) is 2.03. The summed E-state index contributed by atoms with van der Waals surface area (Å²) in [5.41, 5.74) is 2.35. The topological polar surface area (TPSA) is 28.2 Å². The first-order valence-corrected chi connectivity index (χ1v) is 5.94. The number of hydrogen-bond donors (Lipinski definition) is 1. The van der Waals surface area contributed by atoms with Crippen molar-refractivity contribution in [3.8, 4) is 0 Å². The van der Waals surface area contributed by atoms with Crippen molar-refractivity contribution in [2.75, 3.05) is 35.7 Å². The van der Waals surface area contributed by atoms with Gasteiger partial charge in [-0.3, -0.25) is 0 Å². The van der Waals surface area contributed by atoms with Crippen LogP contribution >= 0.6 is 15.9 Å². The van der Waals surface area contributed by atoms with Gasteiger partial charge in [0.15, 0.2) is 0 Å². The molecule has 4 heteroatoms. The highest BCUT2D eigenvalue weighted by Gasteiger charge is 2.13. The van der Waals surface area contributed by atoms with E-state index in [2.05, 4.69) is 50.3 Å². The molecule has 0 radical (unpaired) electrons. The van der Waals surface area contributed by atoms with Crippen LogP contribution in [0.2, 0.25) is 0 Å². The maximum absolute atomic E-state index is 4.57. The number of anilines is 2. The highest BCUT2D eigenvalue weighted by molar-refractivity contribution is 9.09. The minimum Gasteiger partial charge on any atom is -0.370 e. The number of alkyl halides is 1. The van der Waals surface area contributed by atoms with E-state index < -0.39 is 0 Å². The molecule has 76 valence electrons. The fourth-order valence-electron chi connectivity index (χ4n) is 1.63. The summed E-state index contributed by atoms with van der Waals surface area (Å²) in [6, 6.07) is 4.25. The molecule has 0 amide bonds. The molecule has 1 aliphatic rings. The van der Waals surface area contributed by atoms with Crippen molar-refractivity contribution in [2.24, 2.45) is 0 Å². The number of nitrogens with zero attached hydrogens (tertiary/aromatic N) is 2. The summed E-state index contributed by atoms with van der Waals surface area (Å²) in [7, 11) is 2.10. The maximum atomic E-state index is 4.57. The number of aromatic nitrogens is 1. The lowest BCUT2D eigenvalue weighted by Crippen LogP contribution is -2.31. The van der Waals surface area contributed by atoms with E-state index in [-0.39, 0.29) is 0 Å². The van der Waals surface area contributed by atoms with Crippen molar-refractivity contribution in [1.82, 2.24) is 4.98 Å². The molecule has 0 spiro atoms. The molecule has 0 aliphatic carbocycles. The van der Waals surface area contributed by atoms with Crippen LogP contribution in [0.4, 0.5) is 11.5 Å². The molecule has 3 nitrogen and oxygen atoms in total. The Hall–Kier alpha value is -0.770. The lowest BCUT2D eigenvalue weighted by Gasteiger charge is -2.27. The zero-order chi connectivity index (χ0) is 9.97. The van der Waals surface area contributed by atoms with Crippen LogP contribution in [0.25, 0.3) is 0 Å². The van der Waals surface area contributed by atoms with E-state index in [9.17, 15) is 0 Å². The van der Waals surface area contributed by atoms with Gasteiger partial charge < -0.3 is 10.2 Å². The molecular formula is C10H14BrN3. The van der Waals surface area contributed by atoms with Crippen LogP contribution in [0.15, 0.2) is 12.1 Å². The average molecular weight is 256 g/mol. The zero-order valence-corrected chi connectivity index (χ0v) is 9.84. The third-order valence-electron chi connectivity index (χ3n) is 2.43. The second kappa shape index (κ2) is 4.17. The number of pyridine rings is 1. The Labute approximate surface area is 92.6 Å². The highest BCUT2D eigenvalue weighted by Crippen LogP contribution is 2.25. The molecule has 14 heavy (non-hydrogen) atoms. The fraction of sp³-hybridized carbons (Fsp3) is 0.500. The smallest absolute Gasteiger partial charge is 0.149 e. The first-order valence-electron chi connectivity index (χ1n) is 4.82. The molecule has 0 saturated carbocycles. The van der Waals surface area contributed by atoms with E-state index in [0.29, 0.717) is 0 Å². The van der Waals surface area contributed by atoms with E-state index >= 15 is 0 Å². The van der Waals surface area contributed by atoms with Gasteiger partial charge in [-0.25, -0.2) is 4.98 Å². The number of hydrogen-bond acceptors (Lipinski definition) is 3. The van der Waals surface area contributed by atoms with Crippen LogP contribution in [-0.4, -0.2) is 30.5 Å². The summed E-state index contributed by atoms with van der Waals surface area (Å²) in [6.07, 6.45) is 0.985. The molecule has 1 N–H and O–H groups in total. The van der Waals surface area contributed by atoms with Crippen LogP contribution < -0.4 is 10.2 Å². The van der Waals surface area contributed by atoms with Crippen molar-refractivity contribution in [2.45, 2.75) is 6.42 Å². The van der Waals surface area contributed by atoms with Gasteiger partial charge in [0.05, 0.1) is 5.69 Å². The Morgan fingerprint density at radius 3 is 3.21 bits per heavy atom. The third-order valence-corrected chi connectivity index (χ3v) is 2.83. The molecule has 0 saturated heterocycles. The second-order valence-electron chi connectivity index (χ2n) is 3.46. The average Bonchev–Trinajstić information content (AvgIpc) is 2.18. The van der Waals surface area contributed by atoms with Gasteiger partial charge in [-0.05, 0) is 18.6 Å². The number of fused-ring (bicyclic) bond motifs is 1. The highest BCUT2D eigenvalue weighted by atomic mass is 79.9. The Morgan fingerprint density at radius 1 is 1.57 bits per heavy atom. The van der Waals surface area contributed by atoms with Crippen molar-refractivity contribution in [3.05, 3.63) is 17.8 Å². The molecule has 0 unspecified atom stereocenters. The van der Waals surface area contributed by atoms with Gasteiger partial charge >= 0.3 is 0 Å². The summed E-state index contributed by atoms with van der Waals surface area (Å²) < 4.78 is 0. The number of aryl methyl sites for hydroxylation is 1. The monoisotopic (exact) mass is 255 g/mol. The fourth-order valence-corrected chi connectivity index (χ4v) is 2.04. The third kappa shape index (κ3) is 1.85. The first-order chi connectivity index (χ1) is 6.81. The predicted octanol–water partition coefficient (Wildman–Crippen LogP) is 1.88. The number of halogens is 1. The second-order valence-corrected chi connectivity index (χ2v) is 4.25. The number of rotatable bonds is 2. The minimum atomic E-state index is 0.967. The predicted molar refractivity (Wildman–Crippen MR) is 63.5 cm³/mol. The van der Waals surface area contributed by atoms with Crippen molar-refractivity contribution >= 4 is 27.4 Å². The molecule has 2 rings (SSSR count). The SMILES string of the molecule is CN1CCNc2nc(CCBr)ccc21. The van der Waals surface area contributed by atoms with Gasteiger partial charge in [0.1, 0.15) is 5.82 Å². The summed E-state index contributed by atoms with van der Waals surface area (Å²) in [5, 5.41) is 4.29. The van der Waals surface area contributed by atoms with Crippen molar-refractivity contribution in [1.29, 1.82) is 0 Å². The largest absolute Gasteiger partial charge is 0.370 e. The van der Waals surface area contributed by atoms with Crippen LogP contribution in [0, 0.1) is 0 Å². The van der Waals surface area contributed by atoms with E-state index in [0.717, 1.165) is 36.4 Å². The quantitative estimate of drug-likeness (QED) is 0.819. The molecule has 0 bridgehead atoms. The zero-order valence-electron chi connectivity index (χ0n) is 8.26. The summed E-state index contributed by atoms with van der Waals surface area (Å²) in [5.74, 6) is 1.03. The number of likely N-dealkylation sites (N-methyl/N-ethyl adjacent to an activating group) is 1. The Kier molecular flexibility index (Phi) is 2.91. The Morgan fingerprint density at radius 2 is 2.43 bits per heavy atom. The minimum absolute atomic E-state index is 0.967. The Balaban J connectivity index is 2.29. The lowest BCUT2D eigenvalue weighted by atomic mass is 10.2. The molecule has 2 heterocycles. The van der Waals surface area contributed by atoms with E-state index in [1.54, 1.807) is 0 Å². The van der Waals surface area contributed by atoms with Gasteiger partial charge in [0, 0.05) is 31.2 Å². The summed E-state index contributed by atoms with van der Waals surface area (Å²) in [4.78, 5) is 6.80. The molecule has 0 atom stereocenters. The maximum Gasteiger partial charge on any atom is 0.149 e. The standard InChI is InChI=1S/C10H14BrN3/c1-14-7-6-12-10-9(14)3-2-8(13-10)4-5-11/h2-3H,4-7H2,1H3,(H,12,13). The molecule has 1 aromatic rings. The van der Waals surface area contributed by atoms with Gasteiger partial charge in [0.2, 0.25) is 0 Å². The van der Waals surface area contributed by atoms with Gasteiger partial charge in [0.25, 0.3) is 0 Å². The van der Waals surface area contributed by atoms with Crippen LogP contribution in [0.5, 0.6) is 0 Å². The van der Waals surface area contributed by atoms with Gasteiger partial charge in [-0.1, -0.05) is 15.9 Å². The molecule has 1 aliphatic heterocycles. The van der Waals surface area contributed by atoms with Crippen molar-refractivity contribution in [3.63, 3.8) is 0 Å². The van der Waals surface area contributed by atoms with Crippen molar-refractivity contribution < 1.29 is 0 Å². The lowest BCUT2D eigenvalue weighted by molar-refractivity contribution is 0.866. The van der Waals surface area contributed by atoms with E-state index in [1.165, 1.54) is 5.69 Å². The molecule has 0 fully saturated rings. The van der Waals surface area contributed by atoms with Crippen LogP contribution in [0.3, 0.4) is 0 Å². The number of nitrogens with one attached hydrogen (secondary N) is 1. The molecule has 1 aromatic heterocycles. The molecular weight excluding hydrogens is 242 g/mol. The van der Waals surface area contributed by atoms with E-state index in [4.69, 9.17) is 0 Å².